The zero-order chi connectivity index (χ0) is 13.4. The highest BCUT2D eigenvalue weighted by atomic mass is 16.5. The first-order valence-electron chi connectivity index (χ1n) is 5.82. The highest BCUT2D eigenvalue weighted by molar-refractivity contribution is 5.93. The number of hydrogen-bond donors (Lipinski definition) is 2. The van der Waals surface area contributed by atoms with Gasteiger partial charge in [0.05, 0.1) is 6.61 Å². The molecule has 1 aromatic rings. The van der Waals surface area contributed by atoms with Crippen LogP contribution in [0.25, 0.3) is 0 Å². The maximum absolute atomic E-state index is 11.1. The molecule has 5 heteroatoms. The van der Waals surface area contributed by atoms with Gasteiger partial charge in [-0.1, -0.05) is 12.1 Å². The quantitative estimate of drug-likeness (QED) is 0.714. The third kappa shape index (κ3) is 5.34. The van der Waals surface area contributed by atoms with Crippen molar-refractivity contribution in [2.45, 2.75) is 19.8 Å². The van der Waals surface area contributed by atoms with E-state index in [4.69, 9.17) is 9.84 Å². The Morgan fingerprint density at radius 3 is 2.50 bits per heavy atom. The molecule has 0 aromatic heterocycles. The van der Waals surface area contributed by atoms with Crippen molar-refractivity contribution >= 4 is 11.9 Å². The summed E-state index contributed by atoms with van der Waals surface area (Å²) in [5, 5.41) is 11.0. The lowest BCUT2D eigenvalue weighted by atomic mass is 10.1. The summed E-state index contributed by atoms with van der Waals surface area (Å²) in [7, 11) is 0. The van der Waals surface area contributed by atoms with E-state index in [2.05, 4.69) is 5.32 Å². The summed E-state index contributed by atoms with van der Waals surface area (Å²) in [6.45, 7) is 2.98. The molecule has 0 heterocycles. The van der Waals surface area contributed by atoms with Crippen molar-refractivity contribution in [3.8, 4) is 5.75 Å². The van der Waals surface area contributed by atoms with E-state index in [1.165, 1.54) is 0 Å². The molecule has 0 spiro atoms. The summed E-state index contributed by atoms with van der Waals surface area (Å²) >= 11 is 0. The summed E-state index contributed by atoms with van der Waals surface area (Å²) in [6.07, 6.45) is 0.182. The molecule has 0 radical (unpaired) electrons. The van der Waals surface area contributed by atoms with E-state index in [9.17, 15) is 9.59 Å². The molecule has 0 atom stereocenters. The molecule has 0 bridgehead atoms. The second-order valence-corrected chi connectivity index (χ2v) is 3.75. The highest BCUT2D eigenvalue weighted by Gasteiger charge is 2.06. The molecule has 5 nitrogen and oxygen atoms in total. The minimum Gasteiger partial charge on any atom is -0.494 e. The summed E-state index contributed by atoms with van der Waals surface area (Å²) < 4.78 is 5.31. The monoisotopic (exact) mass is 251 g/mol. The zero-order valence-electron chi connectivity index (χ0n) is 10.3. The highest BCUT2D eigenvalue weighted by Crippen LogP contribution is 2.12. The van der Waals surface area contributed by atoms with Crippen LogP contribution in [0.1, 0.15) is 18.9 Å². The van der Waals surface area contributed by atoms with E-state index < -0.39 is 18.3 Å². The third-order valence-electron chi connectivity index (χ3n) is 2.28. The number of carboxylic acid groups (broad SMARTS) is 1. The van der Waals surface area contributed by atoms with Crippen molar-refractivity contribution in [2.24, 2.45) is 0 Å². The lowest BCUT2D eigenvalue weighted by molar-refractivity contribution is -0.140. The summed E-state index contributed by atoms with van der Waals surface area (Å²) in [4.78, 5) is 21.3. The van der Waals surface area contributed by atoms with E-state index in [0.717, 1.165) is 11.3 Å². The van der Waals surface area contributed by atoms with Crippen LogP contribution < -0.4 is 10.1 Å². The van der Waals surface area contributed by atoms with Gasteiger partial charge in [0.15, 0.2) is 0 Å². The minimum atomic E-state index is -1.12. The maximum atomic E-state index is 11.1. The molecule has 0 unspecified atom stereocenters. The number of ether oxygens (including phenoxy) is 1. The van der Waals surface area contributed by atoms with Crippen molar-refractivity contribution in [3.63, 3.8) is 0 Å². The molecule has 2 N–H and O–H groups in total. The molecule has 1 rings (SSSR count). The standard InChI is InChI=1S/C13H17NO4/c1-2-18-11-5-3-10(4-6-11)7-8-14-12(15)9-13(16)17/h3-6H,2,7-9H2,1H3,(H,14,15)(H,16,17). The van der Waals surface area contributed by atoms with Crippen LogP contribution in [0.4, 0.5) is 0 Å². The van der Waals surface area contributed by atoms with Gasteiger partial charge in [0.1, 0.15) is 12.2 Å². The van der Waals surface area contributed by atoms with Crippen LogP contribution in [0.2, 0.25) is 0 Å². The van der Waals surface area contributed by atoms with Crippen molar-refractivity contribution in [2.75, 3.05) is 13.2 Å². The molecule has 0 aliphatic rings. The fourth-order valence-electron chi connectivity index (χ4n) is 1.47. The Kier molecular flexibility index (Phi) is 5.70. The van der Waals surface area contributed by atoms with Crippen molar-refractivity contribution in [1.82, 2.24) is 5.32 Å². The van der Waals surface area contributed by atoms with Crippen LogP contribution >= 0.6 is 0 Å². The molecule has 1 aromatic carbocycles. The average molecular weight is 251 g/mol. The number of benzene rings is 1. The Labute approximate surface area is 106 Å². The summed E-state index contributed by atoms with van der Waals surface area (Å²) in [5.41, 5.74) is 1.06. The van der Waals surface area contributed by atoms with Gasteiger partial charge in [-0.05, 0) is 31.0 Å². The van der Waals surface area contributed by atoms with Crippen molar-refractivity contribution in [1.29, 1.82) is 0 Å². The van der Waals surface area contributed by atoms with Gasteiger partial charge in [0.2, 0.25) is 5.91 Å². The zero-order valence-corrected chi connectivity index (χ0v) is 10.3. The lowest BCUT2D eigenvalue weighted by Gasteiger charge is -2.06. The predicted molar refractivity (Wildman–Crippen MR) is 66.6 cm³/mol. The van der Waals surface area contributed by atoms with Crippen LogP contribution in [0.15, 0.2) is 24.3 Å². The Morgan fingerprint density at radius 1 is 1.28 bits per heavy atom. The van der Waals surface area contributed by atoms with Crippen LogP contribution in [-0.4, -0.2) is 30.1 Å². The summed E-state index contributed by atoms with van der Waals surface area (Å²) in [6, 6.07) is 7.60. The SMILES string of the molecule is CCOc1ccc(CCNC(=O)CC(=O)O)cc1. The van der Waals surface area contributed by atoms with Gasteiger partial charge < -0.3 is 15.2 Å². The molecule has 98 valence electrons. The molecular formula is C13H17NO4. The fourth-order valence-corrected chi connectivity index (χ4v) is 1.47. The number of aliphatic carboxylic acids is 1. The van der Waals surface area contributed by atoms with Gasteiger partial charge in [-0.3, -0.25) is 9.59 Å². The van der Waals surface area contributed by atoms with E-state index in [1.807, 2.05) is 31.2 Å². The number of nitrogens with one attached hydrogen (secondary N) is 1. The van der Waals surface area contributed by atoms with Gasteiger partial charge in [0, 0.05) is 6.54 Å². The van der Waals surface area contributed by atoms with E-state index in [1.54, 1.807) is 0 Å². The Balaban J connectivity index is 2.31. The van der Waals surface area contributed by atoms with Gasteiger partial charge in [-0.15, -0.1) is 0 Å². The maximum Gasteiger partial charge on any atom is 0.312 e. The van der Waals surface area contributed by atoms with Crippen LogP contribution in [-0.2, 0) is 16.0 Å². The molecule has 0 saturated carbocycles. The second kappa shape index (κ2) is 7.32. The topological polar surface area (TPSA) is 75.6 Å². The number of rotatable bonds is 7. The van der Waals surface area contributed by atoms with E-state index in [0.29, 0.717) is 19.6 Å². The number of carboxylic acids is 1. The number of amides is 1. The van der Waals surface area contributed by atoms with E-state index >= 15 is 0 Å². The van der Waals surface area contributed by atoms with Crippen molar-refractivity contribution < 1.29 is 19.4 Å². The van der Waals surface area contributed by atoms with Gasteiger partial charge in [-0.25, -0.2) is 0 Å². The third-order valence-corrected chi connectivity index (χ3v) is 2.28. The number of hydrogen-bond acceptors (Lipinski definition) is 3. The van der Waals surface area contributed by atoms with Crippen LogP contribution in [0.3, 0.4) is 0 Å². The van der Waals surface area contributed by atoms with Gasteiger partial charge in [-0.2, -0.15) is 0 Å². The first kappa shape index (κ1) is 14.0. The van der Waals surface area contributed by atoms with Crippen molar-refractivity contribution in [3.05, 3.63) is 29.8 Å². The summed E-state index contributed by atoms with van der Waals surface area (Å²) in [5.74, 6) is -0.766. The molecule has 18 heavy (non-hydrogen) atoms. The lowest BCUT2D eigenvalue weighted by Crippen LogP contribution is -2.27. The van der Waals surface area contributed by atoms with E-state index in [-0.39, 0.29) is 0 Å². The number of carbonyl (C=O) groups is 2. The van der Waals surface area contributed by atoms with Gasteiger partial charge >= 0.3 is 5.97 Å². The smallest absolute Gasteiger partial charge is 0.312 e. The molecule has 0 aliphatic heterocycles. The average Bonchev–Trinajstić information content (AvgIpc) is 2.31. The van der Waals surface area contributed by atoms with Crippen LogP contribution in [0.5, 0.6) is 5.75 Å². The molecule has 1 amide bonds. The normalized spacial score (nSPS) is 9.83. The predicted octanol–water partition coefficient (Wildman–Crippen LogP) is 1.22. The molecular weight excluding hydrogens is 234 g/mol. The molecule has 0 fully saturated rings. The second-order valence-electron chi connectivity index (χ2n) is 3.75. The fraction of sp³-hybridized carbons (Fsp3) is 0.385. The molecule has 0 aliphatic carbocycles. The van der Waals surface area contributed by atoms with Crippen LogP contribution in [0, 0.1) is 0 Å². The molecule has 0 saturated heterocycles. The Hall–Kier alpha value is -2.04. The largest absolute Gasteiger partial charge is 0.494 e. The number of carbonyl (C=O) groups excluding carboxylic acids is 1. The Morgan fingerprint density at radius 2 is 1.94 bits per heavy atom. The van der Waals surface area contributed by atoms with Gasteiger partial charge in [0.25, 0.3) is 0 Å². The first-order valence-corrected chi connectivity index (χ1v) is 5.82. The minimum absolute atomic E-state index is 0.431. The first-order chi connectivity index (χ1) is 8.61. The Bertz CT molecular complexity index is 400.